The molecule has 72 heavy (non-hydrogen) atoms. The normalized spacial score (nSPS) is 13.1. The average Bonchev–Trinajstić information content (AvgIpc) is 3.27. The number of benzene rings is 4. The fourth-order valence-corrected chi connectivity index (χ4v) is 11.6. The molecule has 1 aliphatic rings. The average molecular weight is 1070 g/mol. The van der Waals surface area contributed by atoms with Crippen molar-refractivity contribution in [3.63, 3.8) is 0 Å². The molecule has 0 atom stereocenters. The number of hydrogen-bond acceptors (Lipinski definition) is 14. The van der Waals surface area contributed by atoms with Crippen molar-refractivity contribution in [2.45, 2.75) is 170 Å². The highest BCUT2D eigenvalue weighted by atomic mass is 32.2. The molecule has 0 fully saturated rings. The van der Waals surface area contributed by atoms with E-state index in [9.17, 15) is 9.59 Å². The molecular weight excluding hydrogens is 985 g/mol. The van der Waals surface area contributed by atoms with E-state index in [1.54, 1.807) is 47.0 Å². The van der Waals surface area contributed by atoms with Gasteiger partial charge in [0.1, 0.15) is 23.0 Å². The lowest BCUT2D eigenvalue weighted by molar-refractivity contribution is -0.134. The summed E-state index contributed by atoms with van der Waals surface area (Å²) < 4.78 is 27.6. The number of carbonyl (C=O) groups is 2. The Morgan fingerprint density at radius 3 is 0.681 bits per heavy atom. The molecule has 0 saturated carbocycles. The molecule has 0 radical (unpaired) electrons. The van der Waals surface area contributed by atoms with Gasteiger partial charge in [-0.25, -0.2) is 9.59 Å². The Morgan fingerprint density at radius 1 is 0.389 bits per heavy atom. The molecule has 16 heteroatoms. The van der Waals surface area contributed by atoms with Crippen molar-refractivity contribution in [3.05, 3.63) is 82.9 Å². The summed E-state index contributed by atoms with van der Waals surface area (Å²) in [6.07, 6.45) is 4.01. The van der Waals surface area contributed by atoms with Crippen LogP contribution in [0.3, 0.4) is 0 Å². The maximum atomic E-state index is 9.55. The largest absolute Gasteiger partial charge is 0.491 e. The third kappa shape index (κ3) is 17.8. The van der Waals surface area contributed by atoms with Crippen molar-refractivity contribution < 1.29 is 38.7 Å². The van der Waals surface area contributed by atoms with Crippen LogP contribution in [0, 0.1) is 0 Å². The van der Waals surface area contributed by atoms with Gasteiger partial charge in [-0.15, -0.1) is 0 Å². The van der Waals surface area contributed by atoms with E-state index in [4.69, 9.17) is 52.1 Å². The number of ether oxygens (including phenoxy) is 4. The molecule has 4 aromatic rings. The molecule has 10 N–H and O–H groups in total. The zero-order chi connectivity index (χ0) is 53.6. The summed E-state index contributed by atoms with van der Waals surface area (Å²) in [7, 11) is 0. The summed E-state index contributed by atoms with van der Waals surface area (Å²) in [6, 6.07) is 18.5. The lowest BCUT2D eigenvalue weighted by Crippen LogP contribution is -2.14. The summed E-state index contributed by atoms with van der Waals surface area (Å²) in [6.45, 7) is 31.3. The number of carboxylic acid groups (broad SMARTS) is 2. The summed E-state index contributed by atoms with van der Waals surface area (Å²) >= 11 is 6.82. The maximum Gasteiger partial charge on any atom is 0.328 e. The fourth-order valence-electron chi connectivity index (χ4n) is 6.86. The van der Waals surface area contributed by atoms with Crippen LogP contribution in [0.1, 0.15) is 131 Å². The third-order valence-corrected chi connectivity index (χ3v) is 15.4. The number of rotatable bonds is 18. The van der Waals surface area contributed by atoms with Gasteiger partial charge in [-0.05, 0) is 144 Å². The van der Waals surface area contributed by atoms with E-state index >= 15 is 0 Å². The highest BCUT2D eigenvalue weighted by molar-refractivity contribution is 8.01. The van der Waals surface area contributed by atoms with Crippen LogP contribution in [0.2, 0.25) is 0 Å². The van der Waals surface area contributed by atoms with Crippen molar-refractivity contribution in [2.75, 3.05) is 52.6 Å². The number of hydrogen-bond donors (Lipinski definition) is 6. The van der Waals surface area contributed by atoms with Crippen LogP contribution in [0.5, 0.6) is 23.0 Å². The molecule has 396 valence electrons. The number of carboxylic acids is 2. The minimum absolute atomic E-state index is 0.168. The molecule has 0 unspecified atom stereocenters. The lowest BCUT2D eigenvalue weighted by atomic mass is 9.87. The van der Waals surface area contributed by atoms with Gasteiger partial charge < -0.3 is 52.1 Å². The number of fused-ring (bicyclic) bond motifs is 8. The molecule has 0 aromatic heterocycles. The molecule has 0 spiro atoms. The number of aliphatic carboxylic acids is 2. The van der Waals surface area contributed by atoms with Crippen molar-refractivity contribution in [2.24, 2.45) is 22.9 Å². The lowest BCUT2D eigenvalue weighted by Gasteiger charge is -2.28. The van der Waals surface area contributed by atoms with Gasteiger partial charge in [-0.2, -0.15) is 0 Å². The Bertz CT molecular complexity index is 2090. The predicted octanol–water partition coefficient (Wildman–Crippen LogP) is 12.4. The Morgan fingerprint density at radius 2 is 0.556 bits per heavy atom. The van der Waals surface area contributed by atoms with Gasteiger partial charge in [0.15, 0.2) is 0 Å². The SMILES string of the molecule is CC(C)(C)c1cc2c(OCCCN)c(c1)Sc1cc(C(C)(C)C)cc(c1OCCCN)Sc1cc(C(C)(C)C)cc(c1OCCCN)Sc1cc(C(C)(C)C)cc(c1OCCCN)S2.O=C(O)/C=C\C(=O)O. The fraction of sp³-hybridized carbons (Fsp3) is 0.500. The first-order chi connectivity index (χ1) is 33.7. The Labute approximate surface area is 446 Å². The zero-order valence-corrected chi connectivity index (χ0v) is 47.8. The maximum absolute atomic E-state index is 9.55. The van der Waals surface area contributed by atoms with Crippen LogP contribution in [0.15, 0.2) is 99.8 Å². The molecule has 8 bridgehead atoms. The van der Waals surface area contributed by atoms with Gasteiger partial charge in [-0.1, -0.05) is 130 Å². The van der Waals surface area contributed by atoms with Crippen molar-refractivity contribution >= 4 is 59.0 Å². The molecule has 5 rings (SSSR count). The van der Waals surface area contributed by atoms with E-state index in [0.29, 0.717) is 64.8 Å². The molecule has 0 amide bonds. The van der Waals surface area contributed by atoms with Crippen LogP contribution in [-0.4, -0.2) is 74.8 Å². The van der Waals surface area contributed by atoms with Crippen molar-refractivity contribution in [1.29, 1.82) is 0 Å². The highest BCUT2D eigenvalue weighted by Crippen LogP contribution is 2.56. The second-order valence-corrected chi connectivity index (χ2v) is 25.9. The van der Waals surface area contributed by atoms with E-state index < -0.39 is 11.9 Å². The Balaban J connectivity index is 0.00000129. The summed E-state index contributed by atoms with van der Waals surface area (Å²) in [5, 5.41) is 15.6. The highest BCUT2D eigenvalue weighted by Gasteiger charge is 2.30. The standard InChI is InChI=1S/C52H76N4O4S4.C4H4O4/c1-49(2,3)33-25-37-45(57-21-13-17-53)38(26-33)62-40-28-35(51(7,8)9)30-42(47(40)59-23-15-19-55)64-44-32-36(52(10,11)12)31-43(48(44)60-24-16-20-56)63-41-29-34(50(4,5)6)27-39(61-37)46(41)58-22-14-18-54;5-3(6)1-2-4(7)8/h25-32H,13-24,53-56H2,1-12H3;1-2H,(H,5,6)(H,7,8)/b;2-1-. The first-order valence-electron chi connectivity index (χ1n) is 24.6. The first kappa shape index (κ1) is 60.6. The van der Waals surface area contributed by atoms with E-state index in [1.807, 2.05) is 0 Å². The summed E-state index contributed by atoms with van der Waals surface area (Å²) in [4.78, 5) is 27.2. The topological polar surface area (TPSA) is 216 Å². The summed E-state index contributed by atoms with van der Waals surface area (Å²) in [5.41, 5.74) is 28.5. The molecular formula is C56H80N4O8S4. The smallest absolute Gasteiger partial charge is 0.328 e. The molecule has 4 aromatic carbocycles. The van der Waals surface area contributed by atoms with Gasteiger partial charge in [0, 0.05) is 12.2 Å². The molecule has 1 aliphatic heterocycles. The van der Waals surface area contributed by atoms with Gasteiger partial charge in [0.05, 0.1) is 65.6 Å². The predicted molar refractivity (Wildman–Crippen MR) is 298 cm³/mol. The Hall–Kier alpha value is -4.00. The quantitative estimate of drug-likeness (QED) is 0.0355. The van der Waals surface area contributed by atoms with Crippen LogP contribution >= 0.6 is 47.0 Å². The monoisotopic (exact) mass is 1060 g/mol. The Kier molecular flexibility index (Phi) is 22.7. The minimum Gasteiger partial charge on any atom is -0.491 e. The van der Waals surface area contributed by atoms with E-state index in [-0.39, 0.29) is 21.7 Å². The second kappa shape index (κ2) is 27.0. The van der Waals surface area contributed by atoms with Crippen molar-refractivity contribution in [3.8, 4) is 23.0 Å². The van der Waals surface area contributed by atoms with Crippen LogP contribution in [-0.2, 0) is 31.2 Å². The van der Waals surface area contributed by atoms with Gasteiger partial charge in [-0.3, -0.25) is 0 Å². The van der Waals surface area contributed by atoms with Gasteiger partial charge >= 0.3 is 11.9 Å². The molecule has 0 aliphatic carbocycles. The van der Waals surface area contributed by atoms with Crippen LogP contribution in [0.25, 0.3) is 0 Å². The zero-order valence-electron chi connectivity index (χ0n) is 44.5. The molecule has 12 nitrogen and oxygen atoms in total. The molecule has 0 saturated heterocycles. The van der Waals surface area contributed by atoms with Crippen LogP contribution < -0.4 is 41.9 Å². The second-order valence-electron chi connectivity index (χ2n) is 21.6. The van der Waals surface area contributed by atoms with E-state index in [1.165, 1.54) is 22.3 Å². The number of nitrogens with two attached hydrogens (primary N) is 4. The summed E-state index contributed by atoms with van der Waals surface area (Å²) in [5.74, 6) is 0.785. The van der Waals surface area contributed by atoms with Gasteiger partial charge in [0.25, 0.3) is 0 Å². The van der Waals surface area contributed by atoms with Crippen molar-refractivity contribution in [1.82, 2.24) is 0 Å². The van der Waals surface area contributed by atoms with E-state index in [2.05, 4.69) is 132 Å². The van der Waals surface area contributed by atoms with Gasteiger partial charge in [0.2, 0.25) is 0 Å². The van der Waals surface area contributed by atoms with E-state index in [0.717, 1.165) is 87.8 Å². The third-order valence-electron chi connectivity index (χ3n) is 11.2. The molecule has 1 heterocycles. The van der Waals surface area contributed by atoms with Crippen LogP contribution in [0.4, 0.5) is 0 Å². The first-order valence-corrected chi connectivity index (χ1v) is 27.9. The minimum atomic E-state index is -1.26.